The quantitative estimate of drug-likeness (QED) is 0.807. The highest BCUT2D eigenvalue weighted by atomic mass is 15.1. The van der Waals surface area contributed by atoms with Crippen molar-refractivity contribution in [3.05, 3.63) is 0 Å². The van der Waals surface area contributed by atoms with Crippen molar-refractivity contribution < 1.29 is 0 Å². The van der Waals surface area contributed by atoms with E-state index < -0.39 is 0 Å². The summed E-state index contributed by atoms with van der Waals surface area (Å²) in [5, 5.41) is 3.81. The molecular formula is C17H35N3. The van der Waals surface area contributed by atoms with E-state index in [1.165, 1.54) is 71.2 Å². The second-order valence-electron chi connectivity index (χ2n) is 7.37. The zero-order chi connectivity index (χ0) is 14.4. The molecule has 2 aliphatic rings. The molecule has 1 heterocycles. The standard InChI is InChI=1S/C17H35N3/c1-15-6-4-5-7-17(15)18-10-13-20-11-8-16(9-12-20)14-19(2)3/h15-18H,4-14H2,1-3H3. The Labute approximate surface area is 126 Å². The van der Waals surface area contributed by atoms with Gasteiger partial charge in [-0.05, 0) is 64.7 Å². The molecule has 0 amide bonds. The number of hydrogen-bond acceptors (Lipinski definition) is 3. The number of rotatable bonds is 6. The maximum absolute atomic E-state index is 3.81. The summed E-state index contributed by atoms with van der Waals surface area (Å²) in [5.74, 6) is 1.81. The molecule has 0 aromatic heterocycles. The molecule has 1 saturated heterocycles. The first-order valence-corrected chi connectivity index (χ1v) is 8.75. The summed E-state index contributed by atoms with van der Waals surface area (Å²) in [5.41, 5.74) is 0. The third-order valence-electron chi connectivity index (χ3n) is 5.28. The Kier molecular flexibility index (Phi) is 6.79. The summed E-state index contributed by atoms with van der Waals surface area (Å²) < 4.78 is 0. The van der Waals surface area contributed by atoms with E-state index in [-0.39, 0.29) is 0 Å². The van der Waals surface area contributed by atoms with Crippen LogP contribution in [0.2, 0.25) is 0 Å². The number of likely N-dealkylation sites (tertiary alicyclic amines) is 1. The summed E-state index contributed by atoms with van der Waals surface area (Å²) in [6.07, 6.45) is 8.46. The maximum atomic E-state index is 3.81. The van der Waals surface area contributed by atoms with Gasteiger partial charge in [0.2, 0.25) is 0 Å². The monoisotopic (exact) mass is 281 g/mol. The van der Waals surface area contributed by atoms with Crippen LogP contribution in [-0.4, -0.2) is 62.7 Å². The lowest BCUT2D eigenvalue weighted by Crippen LogP contribution is -2.44. The highest BCUT2D eigenvalue weighted by molar-refractivity contribution is 4.79. The van der Waals surface area contributed by atoms with E-state index in [1.807, 2.05) is 0 Å². The van der Waals surface area contributed by atoms with Crippen LogP contribution in [0.15, 0.2) is 0 Å². The molecule has 0 radical (unpaired) electrons. The first-order valence-electron chi connectivity index (χ1n) is 8.75. The number of nitrogens with zero attached hydrogens (tertiary/aromatic N) is 2. The molecule has 2 rings (SSSR count). The lowest BCUT2D eigenvalue weighted by molar-refractivity contribution is 0.159. The molecule has 1 N–H and O–H groups in total. The third-order valence-corrected chi connectivity index (χ3v) is 5.28. The fourth-order valence-corrected chi connectivity index (χ4v) is 3.94. The van der Waals surface area contributed by atoms with Crippen molar-refractivity contribution in [3.63, 3.8) is 0 Å². The first-order chi connectivity index (χ1) is 9.65. The number of hydrogen-bond donors (Lipinski definition) is 1. The summed E-state index contributed by atoms with van der Waals surface area (Å²) in [4.78, 5) is 5.00. The van der Waals surface area contributed by atoms with Crippen LogP contribution < -0.4 is 5.32 Å². The molecule has 1 saturated carbocycles. The molecule has 1 aliphatic carbocycles. The largest absolute Gasteiger partial charge is 0.312 e. The van der Waals surface area contributed by atoms with Gasteiger partial charge >= 0.3 is 0 Å². The molecule has 1 aliphatic heterocycles. The van der Waals surface area contributed by atoms with Crippen LogP contribution in [0.3, 0.4) is 0 Å². The van der Waals surface area contributed by atoms with Gasteiger partial charge in [-0.1, -0.05) is 19.8 Å². The zero-order valence-electron chi connectivity index (χ0n) is 13.9. The third kappa shape index (κ3) is 5.34. The van der Waals surface area contributed by atoms with Gasteiger partial charge in [0.25, 0.3) is 0 Å². The topological polar surface area (TPSA) is 18.5 Å². The molecule has 3 heteroatoms. The Morgan fingerprint density at radius 3 is 2.40 bits per heavy atom. The first kappa shape index (κ1) is 16.3. The predicted octanol–water partition coefficient (Wildman–Crippen LogP) is 2.43. The smallest absolute Gasteiger partial charge is 0.0107 e. The van der Waals surface area contributed by atoms with Crippen molar-refractivity contribution in [2.45, 2.75) is 51.5 Å². The van der Waals surface area contributed by atoms with Gasteiger partial charge in [-0.2, -0.15) is 0 Å². The minimum absolute atomic E-state index is 0.787. The van der Waals surface area contributed by atoms with Gasteiger partial charge < -0.3 is 15.1 Å². The Balaban J connectivity index is 1.57. The molecule has 0 aromatic rings. The molecule has 2 unspecified atom stereocenters. The highest BCUT2D eigenvalue weighted by Crippen LogP contribution is 2.23. The molecule has 2 fully saturated rings. The molecule has 2 atom stereocenters. The summed E-state index contributed by atoms with van der Waals surface area (Å²) >= 11 is 0. The molecule has 20 heavy (non-hydrogen) atoms. The molecule has 0 bridgehead atoms. The normalized spacial score (nSPS) is 30.0. The molecule has 0 aromatic carbocycles. The van der Waals surface area contributed by atoms with Gasteiger partial charge in [-0.25, -0.2) is 0 Å². The van der Waals surface area contributed by atoms with Gasteiger partial charge in [-0.15, -0.1) is 0 Å². The van der Waals surface area contributed by atoms with Gasteiger partial charge in [0.1, 0.15) is 0 Å². The van der Waals surface area contributed by atoms with Gasteiger partial charge in [0.15, 0.2) is 0 Å². The van der Waals surface area contributed by atoms with Crippen LogP contribution in [0.5, 0.6) is 0 Å². The minimum Gasteiger partial charge on any atom is -0.312 e. The van der Waals surface area contributed by atoms with Crippen LogP contribution in [0.4, 0.5) is 0 Å². The summed E-state index contributed by atoms with van der Waals surface area (Å²) in [7, 11) is 4.39. The van der Waals surface area contributed by atoms with Crippen molar-refractivity contribution >= 4 is 0 Å². The Bertz CT molecular complexity index is 259. The van der Waals surface area contributed by atoms with Crippen molar-refractivity contribution in [2.75, 3.05) is 46.8 Å². The lowest BCUT2D eigenvalue weighted by atomic mass is 9.86. The lowest BCUT2D eigenvalue weighted by Gasteiger charge is -2.34. The van der Waals surface area contributed by atoms with Crippen LogP contribution >= 0.6 is 0 Å². The maximum Gasteiger partial charge on any atom is 0.0107 e. The van der Waals surface area contributed by atoms with E-state index in [0.29, 0.717) is 0 Å². The van der Waals surface area contributed by atoms with Gasteiger partial charge in [-0.3, -0.25) is 0 Å². The van der Waals surface area contributed by atoms with Crippen molar-refractivity contribution in [1.82, 2.24) is 15.1 Å². The van der Waals surface area contributed by atoms with E-state index in [9.17, 15) is 0 Å². The molecule has 3 nitrogen and oxygen atoms in total. The predicted molar refractivity (Wildman–Crippen MR) is 87.1 cm³/mol. The van der Waals surface area contributed by atoms with Crippen LogP contribution in [-0.2, 0) is 0 Å². The molecule has 0 spiro atoms. The van der Waals surface area contributed by atoms with Gasteiger partial charge in [0, 0.05) is 25.7 Å². The Hall–Kier alpha value is -0.120. The fourth-order valence-electron chi connectivity index (χ4n) is 3.94. The van der Waals surface area contributed by atoms with Crippen molar-refractivity contribution in [3.8, 4) is 0 Å². The Morgan fingerprint density at radius 1 is 1.05 bits per heavy atom. The van der Waals surface area contributed by atoms with Gasteiger partial charge in [0.05, 0.1) is 0 Å². The average Bonchev–Trinajstić information content (AvgIpc) is 2.42. The van der Waals surface area contributed by atoms with E-state index in [4.69, 9.17) is 0 Å². The fraction of sp³-hybridized carbons (Fsp3) is 1.00. The minimum atomic E-state index is 0.787. The summed E-state index contributed by atoms with van der Waals surface area (Å²) in [6.45, 7) is 8.74. The van der Waals surface area contributed by atoms with Crippen LogP contribution in [0.25, 0.3) is 0 Å². The second kappa shape index (κ2) is 8.35. The van der Waals surface area contributed by atoms with E-state index >= 15 is 0 Å². The van der Waals surface area contributed by atoms with E-state index in [1.54, 1.807) is 0 Å². The number of piperidine rings is 1. The van der Waals surface area contributed by atoms with Crippen molar-refractivity contribution in [2.24, 2.45) is 11.8 Å². The molecular weight excluding hydrogens is 246 g/mol. The van der Waals surface area contributed by atoms with Crippen molar-refractivity contribution in [1.29, 1.82) is 0 Å². The Morgan fingerprint density at radius 2 is 1.75 bits per heavy atom. The summed E-state index contributed by atoms with van der Waals surface area (Å²) in [6, 6.07) is 0.787. The molecule has 118 valence electrons. The second-order valence-corrected chi connectivity index (χ2v) is 7.37. The SMILES string of the molecule is CC1CCCCC1NCCN1CCC(CN(C)C)CC1. The van der Waals surface area contributed by atoms with E-state index in [2.05, 4.69) is 36.1 Å². The highest BCUT2D eigenvalue weighted by Gasteiger charge is 2.22. The average molecular weight is 281 g/mol. The number of nitrogens with one attached hydrogen (secondary N) is 1. The van der Waals surface area contributed by atoms with Crippen LogP contribution in [0, 0.1) is 11.8 Å². The van der Waals surface area contributed by atoms with E-state index in [0.717, 1.165) is 17.9 Å². The van der Waals surface area contributed by atoms with Crippen LogP contribution in [0.1, 0.15) is 45.4 Å². The zero-order valence-corrected chi connectivity index (χ0v) is 13.9.